The number of carboxylic acids is 1. The predicted molar refractivity (Wildman–Crippen MR) is 140 cm³/mol. The number of thioether (sulfide) groups is 1. The van der Waals surface area contributed by atoms with E-state index in [0.29, 0.717) is 40.1 Å². The molecule has 1 atom stereocenters. The van der Waals surface area contributed by atoms with Crippen molar-refractivity contribution >= 4 is 29.3 Å². The first-order valence-corrected chi connectivity index (χ1v) is 11.8. The van der Waals surface area contributed by atoms with Gasteiger partial charge >= 0.3 is 5.97 Å². The summed E-state index contributed by atoms with van der Waals surface area (Å²) in [4.78, 5) is 28.6. The molecule has 1 aliphatic rings. The summed E-state index contributed by atoms with van der Waals surface area (Å²) in [7, 11) is 6.33. The van der Waals surface area contributed by atoms with Gasteiger partial charge in [-0.3, -0.25) is 4.79 Å². The molecule has 0 saturated heterocycles. The Morgan fingerprint density at radius 2 is 1.83 bits per heavy atom. The number of ether oxygens (including phenoxy) is 3. The van der Waals surface area contributed by atoms with E-state index in [-0.39, 0.29) is 16.9 Å². The Balaban J connectivity index is 0.00000222. The Kier molecular flexibility index (Phi) is 10.4. The second-order valence-electron chi connectivity index (χ2n) is 7.41. The third kappa shape index (κ3) is 6.82. The normalized spacial score (nSPS) is 13.8. The maximum atomic E-state index is 13.2. The molecule has 36 heavy (non-hydrogen) atoms. The number of nitrogens with zero attached hydrogens (tertiary/aromatic N) is 2. The number of hydrogen-bond donors (Lipinski definition) is 2. The van der Waals surface area contributed by atoms with Gasteiger partial charge < -0.3 is 29.2 Å². The Morgan fingerprint density at radius 3 is 2.42 bits per heavy atom. The van der Waals surface area contributed by atoms with Crippen molar-refractivity contribution in [2.24, 2.45) is 7.05 Å². The van der Waals surface area contributed by atoms with E-state index in [9.17, 15) is 14.7 Å². The van der Waals surface area contributed by atoms with Crippen LogP contribution in [0.4, 0.5) is 5.69 Å². The van der Waals surface area contributed by atoms with Crippen LogP contribution in [0.5, 0.6) is 0 Å². The number of amides is 1. The summed E-state index contributed by atoms with van der Waals surface area (Å²) in [6.45, 7) is 7.97. The van der Waals surface area contributed by atoms with Crippen molar-refractivity contribution in [2.75, 3.05) is 26.6 Å². The van der Waals surface area contributed by atoms with Crippen LogP contribution in [0.1, 0.15) is 34.6 Å². The summed E-state index contributed by atoms with van der Waals surface area (Å²) in [6, 6.07) is 7.45. The minimum atomic E-state index is -1.08. The molecule has 0 aliphatic heterocycles. The molecule has 10 heteroatoms. The lowest BCUT2D eigenvalue weighted by Crippen LogP contribution is -2.15. The van der Waals surface area contributed by atoms with Gasteiger partial charge in [-0.15, -0.1) is 13.2 Å². The monoisotopic (exact) mass is 513 g/mol. The molecule has 1 unspecified atom stereocenters. The number of hydrogen-bond acceptors (Lipinski definition) is 7. The van der Waals surface area contributed by atoms with Crippen LogP contribution in [0.15, 0.2) is 83.8 Å². The summed E-state index contributed by atoms with van der Waals surface area (Å²) < 4.78 is 17.9. The predicted octanol–water partition coefficient (Wildman–Crippen LogP) is 5.08. The fourth-order valence-corrected chi connectivity index (χ4v) is 4.40. The molecule has 1 aromatic carbocycles. The van der Waals surface area contributed by atoms with Gasteiger partial charge in [0.1, 0.15) is 11.5 Å². The molecular formula is C26H31N3O6S. The zero-order valence-electron chi connectivity index (χ0n) is 21.0. The fourth-order valence-electron chi connectivity index (χ4n) is 3.38. The standard InChI is InChI=1S/C24H27N3O6S.C2H4/c1-14(34-24-26-19(23(29)30)13-27(24)2)17-8-6-7-9-18(17)25-22(28)15-10-16(31-3)12-21(33-5)20(11-15)32-4;1-2/h6-11,13-14H,12H2,1-5H3,(H,25,28)(H,29,30);1-2H2. The Labute approximate surface area is 215 Å². The highest BCUT2D eigenvalue weighted by molar-refractivity contribution is 7.99. The van der Waals surface area contributed by atoms with Gasteiger partial charge in [0.05, 0.1) is 27.8 Å². The average molecular weight is 514 g/mol. The molecule has 0 saturated carbocycles. The molecule has 192 valence electrons. The minimum Gasteiger partial charge on any atom is -0.501 e. The van der Waals surface area contributed by atoms with Crippen LogP contribution in [-0.2, 0) is 26.1 Å². The molecule has 9 nitrogen and oxygen atoms in total. The van der Waals surface area contributed by atoms with Crippen molar-refractivity contribution in [3.63, 3.8) is 0 Å². The fraction of sp³-hybridized carbons (Fsp3) is 0.269. The van der Waals surface area contributed by atoms with Gasteiger partial charge in [-0.1, -0.05) is 30.0 Å². The number of carbonyl (C=O) groups is 2. The van der Waals surface area contributed by atoms with Crippen molar-refractivity contribution in [3.8, 4) is 0 Å². The number of aromatic nitrogens is 2. The molecule has 2 aromatic rings. The Bertz CT molecular complexity index is 1200. The van der Waals surface area contributed by atoms with Crippen LogP contribution >= 0.6 is 11.8 Å². The Morgan fingerprint density at radius 1 is 1.14 bits per heavy atom. The van der Waals surface area contributed by atoms with Crippen molar-refractivity contribution in [1.29, 1.82) is 0 Å². The van der Waals surface area contributed by atoms with Crippen LogP contribution in [0.2, 0.25) is 0 Å². The molecule has 0 bridgehead atoms. The number of rotatable bonds is 9. The average Bonchev–Trinajstić information content (AvgIpc) is 3.14. The lowest BCUT2D eigenvalue weighted by molar-refractivity contribution is -0.112. The maximum absolute atomic E-state index is 13.2. The largest absolute Gasteiger partial charge is 0.501 e. The molecule has 1 aliphatic carbocycles. The van der Waals surface area contributed by atoms with Gasteiger partial charge in [0, 0.05) is 29.8 Å². The van der Waals surface area contributed by atoms with Crippen LogP contribution in [0, 0.1) is 0 Å². The first-order valence-electron chi connectivity index (χ1n) is 10.9. The van der Waals surface area contributed by atoms with Gasteiger partial charge in [-0.05, 0) is 30.7 Å². The van der Waals surface area contributed by atoms with Crippen LogP contribution < -0.4 is 5.32 Å². The molecule has 2 N–H and O–H groups in total. The number of aromatic carboxylic acids is 1. The van der Waals surface area contributed by atoms with E-state index in [1.165, 1.54) is 39.3 Å². The highest BCUT2D eigenvalue weighted by atomic mass is 32.2. The molecule has 1 amide bonds. The van der Waals surface area contributed by atoms with Crippen molar-refractivity contribution in [3.05, 3.63) is 89.9 Å². The number of allylic oxidation sites excluding steroid dienone is 1. The number of methoxy groups -OCH3 is 3. The van der Waals surface area contributed by atoms with Gasteiger partial charge in [0.25, 0.3) is 5.91 Å². The van der Waals surface area contributed by atoms with E-state index in [0.717, 1.165) is 5.56 Å². The SMILES string of the molecule is C=C.COC1=CC(C(=O)Nc2ccccc2C(C)Sc2nc(C(=O)O)cn2C)=CC(OC)=C(OC)C1. The van der Waals surface area contributed by atoms with Gasteiger partial charge in [-0.25, -0.2) is 9.78 Å². The summed E-state index contributed by atoms with van der Waals surface area (Å²) in [5.74, 6) is 0.142. The van der Waals surface area contributed by atoms with Gasteiger partial charge in [0.2, 0.25) is 0 Å². The maximum Gasteiger partial charge on any atom is 0.356 e. The van der Waals surface area contributed by atoms with Crippen molar-refractivity contribution in [1.82, 2.24) is 9.55 Å². The highest BCUT2D eigenvalue weighted by Crippen LogP contribution is 2.37. The third-order valence-corrected chi connectivity index (χ3v) is 6.38. The lowest BCUT2D eigenvalue weighted by Gasteiger charge is -2.17. The summed E-state index contributed by atoms with van der Waals surface area (Å²) in [5.41, 5.74) is 1.84. The molecule has 0 spiro atoms. The van der Waals surface area contributed by atoms with Gasteiger partial charge in [0.15, 0.2) is 16.6 Å². The number of carboxylic acid groups (broad SMARTS) is 1. The second kappa shape index (κ2) is 13.2. The van der Waals surface area contributed by atoms with E-state index in [1.807, 2.05) is 31.2 Å². The summed E-state index contributed by atoms with van der Waals surface area (Å²) in [6.07, 6.45) is 5.10. The van der Waals surface area contributed by atoms with Crippen LogP contribution in [-0.4, -0.2) is 47.9 Å². The number of anilines is 1. The van der Waals surface area contributed by atoms with Gasteiger partial charge in [-0.2, -0.15) is 0 Å². The van der Waals surface area contributed by atoms with E-state index in [4.69, 9.17) is 14.2 Å². The lowest BCUT2D eigenvalue weighted by atomic mass is 10.1. The van der Waals surface area contributed by atoms with E-state index < -0.39 is 5.97 Å². The number of imidazole rings is 1. The van der Waals surface area contributed by atoms with E-state index >= 15 is 0 Å². The van der Waals surface area contributed by atoms with Crippen molar-refractivity contribution in [2.45, 2.75) is 23.8 Å². The zero-order valence-corrected chi connectivity index (χ0v) is 21.8. The molecule has 3 rings (SSSR count). The highest BCUT2D eigenvalue weighted by Gasteiger charge is 2.22. The molecule has 0 fully saturated rings. The van der Waals surface area contributed by atoms with Crippen LogP contribution in [0.3, 0.4) is 0 Å². The second-order valence-corrected chi connectivity index (χ2v) is 8.72. The molecule has 1 heterocycles. The molecular weight excluding hydrogens is 482 g/mol. The third-order valence-electron chi connectivity index (χ3n) is 5.19. The number of benzene rings is 1. The van der Waals surface area contributed by atoms with Crippen LogP contribution in [0.25, 0.3) is 0 Å². The minimum absolute atomic E-state index is 0.0164. The van der Waals surface area contributed by atoms with Crippen molar-refractivity contribution < 1.29 is 28.9 Å². The number of aryl methyl sites for hydroxylation is 1. The first kappa shape index (κ1) is 28.3. The summed E-state index contributed by atoms with van der Waals surface area (Å²) in [5, 5.41) is 12.6. The zero-order chi connectivity index (χ0) is 26.8. The molecule has 0 radical (unpaired) electrons. The quantitative estimate of drug-likeness (QED) is 0.353. The number of carbonyl (C=O) groups excluding carboxylic acids is 1. The Hall–Kier alpha value is -3.92. The molecule has 1 aromatic heterocycles. The van der Waals surface area contributed by atoms with E-state index in [1.54, 1.807) is 23.8 Å². The topological polar surface area (TPSA) is 112 Å². The smallest absolute Gasteiger partial charge is 0.356 e. The first-order chi connectivity index (χ1) is 17.3. The van der Waals surface area contributed by atoms with E-state index in [2.05, 4.69) is 23.5 Å². The number of para-hydroxylation sites is 1. The number of nitrogens with one attached hydrogen (secondary N) is 1. The summed E-state index contributed by atoms with van der Waals surface area (Å²) >= 11 is 1.40.